The molecule has 0 aliphatic carbocycles. The molecule has 2 rings (SSSR count). The fourth-order valence-electron chi connectivity index (χ4n) is 2.58. The molecule has 100 valence electrons. The van der Waals surface area contributed by atoms with E-state index in [0.29, 0.717) is 6.42 Å². The molecule has 1 aromatic carbocycles. The van der Waals surface area contributed by atoms with E-state index in [1.165, 1.54) is 11.8 Å². The van der Waals surface area contributed by atoms with E-state index in [4.69, 9.17) is 0 Å². The van der Waals surface area contributed by atoms with Gasteiger partial charge in [0.2, 0.25) is 11.8 Å². The van der Waals surface area contributed by atoms with Gasteiger partial charge in [0, 0.05) is 0 Å². The molecule has 1 saturated heterocycles. The summed E-state index contributed by atoms with van der Waals surface area (Å²) in [4.78, 5) is 37.2. The summed E-state index contributed by atoms with van der Waals surface area (Å²) in [5, 5.41) is 0. The van der Waals surface area contributed by atoms with Crippen molar-refractivity contribution in [3.8, 4) is 0 Å². The van der Waals surface area contributed by atoms with E-state index < -0.39 is 11.8 Å². The van der Waals surface area contributed by atoms with Crippen molar-refractivity contribution in [2.45, 2.75) is 26.8 Å². The molecular formula is C15H17NO3. The van der Waals surface area contributed by atoms with Gasteiger partial charge in [-0.3, -0.25) is 19.3 Å². The Labute approximate surface area is 112 Å². The van der Waals surface area contributed by atoms with Crippen molar-refractivity contribution in [2.24, 2.45) is 11.8 Å². The van der Waals surface area contributed by atoms with Crippen LogP contribution in [0.3, 0.4) is 0 Å². The normalized spacial score (nSPS) is 22.9. The molecule has 0 unspecified atom stereocenters. The molecule has 1 aliphatic heterocycles. The molecule has 4 heteroatoms. The number of Topliss-reactive ketones (excluding diaryl/α,β-unsaturated/α-hetero) is 1. The summed E-state index contributed by atoms with van der Waals surface area (Å²) in [5.74, 6) is -2.08. The van der Waals surface area contributed by atoms with Crippen LogP contribution in [-0.2, 0) is 20.9 Å². The Balaban J connectivity index is 2.25. The maximum atomic E-state index is 12.2. The molecule has 19 heavy (non-hydrogen) atoms. The number of amides is 2. The van der Waals surface area contributed by atoms with Crippen LogP contribution in [0.5, 0.6) is 0 Å². The van der Waals surface area contributed by atoms with Crippen LogP contribution in [0.1, 0.15) is 25.8 Å². The fourth-order valence-corrected chi connectivity index (χ4v) is 2.58. The molecule has 0 aromatic heterocycles. The molecule has 0 N–H and O–H groups in total. The van der Waals surface area contributed by atoms with Gasteiger partial charge in [-0.25, -0.2) is 0 Å². The highest BCUT2D eigenvalue weighted by Gasteiger charge is 2.48. The molecule has 1 heterocycles. The zero-order chi connectivity index (χ0) is 14.0. The molecule has 2 amide bonds. The highest BCUT2D eigenvalue weighted by molar-refractivity contribution is 6.14. The Morgan fingerprint density at radius 2 is 1.79 bits per heavy atom. The Hall–Kier alpha value is -1.97. The van der Waals surface area contributed by atoms with Crippen molar-refractivity contribution < 1.29 is 14.4 Å². The molecule has 0 radical (unpaired) electrons. The monoisotopic (exact) mass is 259 g/mol. The third kappa shape index (κ3) is 2.43. The SMILES string of the molecule is CC[C@@H]1C(=O)N(Cc2ccccc2)C(=O)[C@H]1C(C)=O. The second-order valence-corrected chi connectivity index (χ2v) is 4.85. The predicted octanol–water partition coefficient (Wildman–Crippen LogP) is 1.79. The number of ketones is 1. The zero-order valence-electron chi connectivity index (χ0n) is 11.1. The third-order valence-electron chi connectivity index (χ3n) is 3.58. The highest BCUT2D eigenvalue weighted by atomic mass is 16.2. The van der Waals surface area contributed by atoms with E-state index >= 15 is 0 Å². The van der Waals surface area contributed by atoms with Crippen molar-refractivity contribution in [1.82, 2.24) is 4.90 Å². The number of rotatable bonds is 4. The molecule has 4 nitrogen and oxygen atoms in total. The van der Waals surface area contributed by atoms with Crippen LogP contribution in [0.2, 0.25) is 0 Å². The number of likely N-dealkylation sites (tertiary alicyclic amines) is 1. The van der Waals surface area contributed by atoms with Crippen LogP contribution in [0.15, 0.2) is 30.3 Å². The van der Waals surface area contributed by atoms with Crippen LogP contribution in [-0.4, -0.2) is 22.5 Å². The van der Waals surface area contributed by atoms with Gasteiger partial charge in [-0.1, -0.05) is 37.3 Å². The van der Waals surface area contributed by atoms with Gasteiger partial charge in [-0.15, -0.1) is 0 Å². The van der Waals surface area contributed by atoms with Crippen molar-refractivity contribution in [1.29, 1.82) is 0 Å². The van der Waals surface area contributed by atoms with E-state index in [1.807, 2.05) is 37.3 Å². The van der Waals surface area contributed by atoms with Crippen molar-refractivity contribution in [3.63, 3.8) is 0 Å². The van der Waals surface area contributed by atoms with Gasteiger partial charge in [-0.2, -0.15) is 0 Å². The smallest absolute Gasteiger partial charge is 0.240 e. The van der Waals surface area contributed by atoms with Gasteiger partial charge in [0.25, 0.3) is 0 Å². The summed E-state index contributed by atoms with van der Waals surface area (Å²) < 4.78 is 0. The quantitative estimate of drug-likeness (QED) is 0.612. The Morgan fingerprint density at radius 1 is 1.16 bits per heavy atom. The van der Waals surface area contributed by atoms with Crippen LogP contribution >= 0.6 is 0 Å². The molecule has 0 bridgehead atoms. The van der Waals surface area contributed by atoms with Crippen molar-refractivity contribution in [3.05, 3.63) is 35.9 Å². The lowest BCUT2D eigenvalue weighted by atomic mass is 9.90. The largest absolute Gasteiger partial charge is 0.299 e. The Morgan fingerprint density at radius 3 is 2.26 bits per heavy atom. The van der Waals surface area contributed by atoms with Gasteiger partial charge in [0.15, 0.2) is 0 Å². The number of hydrogen-bond acceptors (Lipinski definition) is 3. The van der Waals surface area contributed by atoms with Gasteiger partial charge in [0.05, 0.1) is 12.5 Å². The number of imide groups is 1. The van der Waals surface area contributed by atoms with E-state index in [0.717, 1.165) is 5.56 Å². The fraction of sp³-hybridized carbons (Fsp3) is 0.400. The molecule has 0 spiro atoms. The van der Waals surface area contributed by atoms with E-state index in [1.54, 1.807) is 0 Å². The third-order valence-corrected chi connectivity index (χ3v) is 3.58. The molecular weight excluding hydrogens is 242 g/mol. The molecule has 0 saturated carbocycles. The Bertz CT molecular complexity index is 509. The Kier molecular flexibility index (Phi) is 3.79. The van der Waals surface area contributed by atoms with Crippen molar-refractivity contribution in [2.75, 3.05) is 0 Å². The first-order chi connectivity index (χ1) is 9.06. The van der Waals surface area contributed by atoms with Crippen molar-refractivity contribution >= 4 is 17.6 Å². The number of carbonyl (C=O) groups is 3. The summed E-state index contributed by atoms with van der Waals surface area (Å²) in [7, 11) is 0. The minimum absolute atomic E-state index is 0.222. The first-order valence-corrected chi connectivity index (χ1v) is 6.45. The summed E-state index contributed by atoms with van der Waals surface area (Å²) in [5.41, 5.74) is 0.892. The van der Waals surface area contributed by atoms with E-state index in [-0.39, 0.29) is 24.1 Å². The standard InChI is InChI=1S/C15H17NO3/c1-3-12-13(10(2)17)15(19)16(14(12)18)9-11-7-5-4-6-8-11/h4-8,12-13H,3,9H2,1-2H3/t12-,13-/m0/s1. The maximum Gasteiger partial charge on any atom is 0.240 e. The zero-order valence-corrected chi connectivity index (χ0v) is 11.1. The average Bonchev–Trinajstić information content (AvgIpc) is 2.64. The lowest BCUT2D eigenvalue weighted by Crippen LogP contribution is -2.31. The summed E-state index contributed by atoms with van der Waals surface area (Å²) in [6.07, 6.45) is 0.514. The molecule has 2 atom stereocenters. The molecule has 1 aliphatic rings. The second-order valence-electron chi connectivity index (χ2n) is 4.85. The van der Waals surface area contributed by atoms with E-state index in [9.17, 15) is 14.4 Å². The lowest BCUT2D eigenvalue weighted by molar-refractivity contribution is -0.141. The van der Waals surface area contributed by atoms with Gasteiger partial charge in [0.1, 0.15) is 11.7 Å². The summed E-state index contributed by atoms with van der Waals surface area (Å²) >= 11 is 0. The number of nitrogens with zero attached hydrogens (tertiary/aromatic N) is 1. The first kappa shape index (κ1) is 13.5. The predicted molar refractivity (Wildman–Crippen MR) is 70.0 cm³/mol. The summed E-state index contributed by atoms with van der Waals surface area (Å²) in [6.45, 7) is 3.46. The highest BCUT2D eigenvalue weighted by Crippen LogP contribution is 2.30. The number of benzene rings is 1. The number of hydrogen-bond donors (Lipinski definition) is 0. The topological polar surface area (TPSA) is 54.5 Å². The second kappa shape index (κ2) is 5.34. The first-order valence-electron chi connectivity index (χ1n) is 6.45. The molecule has 1 fully saturated rings. The van der Waals surface area contributed by atoms with E-state index in [2.05, 4.69) is 0 Å². The van der Waals surface area contributed by atoms with Gasteiger partial charge >= 0.3 is 0 Å². The number of carbonyl (C=O) groups excluding carboxylic acids is 3. The minimum atomic E-state index is -0.791. The average molecular weight is 259 g/mol. The molecule has 1 aromatic rings. The van der Waals surface area contributed by atoms with Crippen LogP contribution < -0.4 is 0 Å². The minimum Gasteiger partial charge on any atom is -0.299 e. The maximum absolute atomic E-state index is 12.2. The van der Waals surface area contributed by atoms with Crippen LogP contribution in [0.4, 0.5) is 0 Å². The lowest BCUT2D eigenvalue weighted by Gasteiger charge is -2.14. The van der Waals surface area contributed by atoms with Crippen LogP contribution in [0.25, 0.3) is 0 Å². The van der Waals surface area contributed by atoms with Gasteiger partial charge < -0.3 is 0 Å². The summed E-state index contributed by atoms with van der Waals surface area (Å²) in [6, 6.07) is 9.33. The van der Waals surface area contributed by atoms with Crippen LogP contribution in [0, 0.1) is 11.8 Å². The van der Waals surface area contributed by atoms with Gasteiger partial charge in [-0.05, 0) is 18.9 Å².